The highest BCUT2D eigenvalue weighted by molar-refractivity contribution is 5.73. The number of rotatable bonds is 4. The van der Waals surface area contributed by atoms with Crippen LogP contribution < -0.4 is 0 Å². The number of aliphatic hydroxyl groups is 1. The molecule has 3 heteroatoms. The molecule has 1 aliphatic rings. The first kappa shape index (κ1) is 15.5. The Morgan fingerprint density at radius 2 is 2.00 bits per heavy atom. The minimum atomic E-state index is -0.901. The highest BCUT2D eigenvalue weighted by Gasteiger charge is 2.48. The van der Waals surface area contributed by atoms with Crippen molar-refractivity contribution in [3.05, 3.63) is 0 Å². The van der Waals surface area contributed by atoms with Crippen LogP contribution in [0.15, 0.2) is 0 Å². The average molecular weight is 256 g/mol. The van der Waals surface area contributed by atoms with Gasteiger partial charge in [0.25, 0.3) is 0 Å². The topological polar surface area (TPSA) is 46.5 Å². The molecule has 1 saturated carbocycles. The second-order valence-electron chi connectivity index (χ2n) is 6.67. The Hall–Kier alpha value is -0.570. The smallest absolute Gasteiger partial charge is 0.311 e. The Bertz CT molecular complexity index is 298. The molecule has 1 fully saturated rings. The maximum atomic E-state index is 12.0. The predicted octanol–water partition coefficient (Wildman–Crippen LogP) is 3.15. The monoisotopic (exact) mass is 256 g/mol. The molecule has 0 radical (unpaired) electrons. The summed E-state index contributed by atoms with van der Waals surface area (Å²) in [6.45, 7) is 10.6. The van der Waals surface area contributed by atoms with Crippen LogP contribution in [0.4, 0.5) is 0 Å². The lowest BCUT2D eigenvalue weighted by Gasteiger charge is -2.47. The molecule has 3 atom stereocenters. The van der Waals surface area contributed by atoms with Crippen molar-refractivity contribution >= 4 is 5.97 Å². The summed E-state index contributed by atoms with van der Waals surface area (Å²) in [4.78, 5) is 12.0. The zero-order chi connectivity index (χ0) is 14.0. The van der Waals surface area contributed by atoms with E-state index in [1.54, 1.807) is 0 Å². The van der Waals surface area contributed by atoms with Crippen LogP contribution in [0.3, 0.4) is 0 Å². The largest absolute Gasteiger partial charge is 0.466 e. The first-order valence-electron chi connectivity index (χ1n) is 7.13. The van der Waals surface area contributed by atoms with E-state index in [1.807, 2.05) is 13.8 Å². The van der Waals surface area contributed by atoms with Crippen molar-refractivity contribution in [2.24, 2.45) is 17.3 Å². The summed E-state index contributed by atoms with van der Waals surface area (Å²) in [6.07, 6.45) is 3.13. The number of hydrogen-bond acceptors (Lipinski definition) is 3. The summed E-state index contributed by atoms with van der Waals surface area (Å²) in [7, 11) is 0. The van der Waals surface area contributed by atoms with Gasteiger partial charge in [0.1, 0.15) is 0 Å². The van der Waals surface area contributed by atoms with Crippen LogP contribution in [-0.2, 0) is 9.53 Å². The maximum Gasteiger partial charge on any atom is 0.311 e. The van der Waals surface area contributed by atoms with Crippen LogP contribution in [0.5, 0.6) is 0 Å². The van der Waals surface area contributed by atoms with Crippen LogP contribution in [-0.4, -0.2) is 23.3 Å². The predicted molar refractivity (Wildman–Crippen MR) is 72.2 cm³/mol. The van der Waals surface area contributed by atoms with Gasteiger partial charge >= 0.3 is 5.97 Å². The van der Waals surface area contributed by atoms with Gasteiger partial charge < -0.3 is 9.84 Å². The lowest BCUT2D eigenvalue weighted by Crippen LogP contribution is -2.50. The molecule has 0 aliphatic heterocycles. The first-order valence-corrected chi connectivity index (χ1v) is 7.13. The minimum absolute atomic E-state index is 0.0896. The van der Waals surface area contributed by atoms with Crippen molar-refractivity contribution in [1.29, 1.82) is 0 Å². The molecular formula is C15H28O3. The molecule has 1 rings (SSSR count). The lowest BCUT2D eigenvalue weighted by atomic mass is 9.61. The van der Waals surface area contributed by atoms with Crippen molar-refractivity contribution in [2.75, 3.05) is 6.61 Å². The maximum absolute atomic E-state index is 12.0. The summed E-state index contributed by atoms with van der Waals surface area (Å²) in [5, 5.41) is 10.9. The molecule has 0 amide bonds. The standard InChI is InChI=1S/C15H28O3/c1-6-12(13(16)18-7-2)15(17)9-11(3)8-14(4,5)10-15/h11-12,17H,6-10H2,1-5H3. The van der Waals surface area contributed by atoms with E-state index in [9.17, 15) is 9.90 Å². The number of carbonyl (C=O) groups excluding carboxylic acids is 1. The van der Waals surface area contributed by atoms with E-state index < -0.39 is 5.60 Å². The molecule has 18 heavy (non-hydrogen) atoms. The van der Waals surface area contributed by atoms with Gasteiger partial charge in [-0.05, 0) is 43.9 Å². The Labute approximate surface area is 111 Å². The molecular weight excluding hydrogens is 228 g/mol. The van der Waals surface area contributed by atoms with Crippen LogP contribution in [0.2, 0.25) is 0 Å². The van der Waals surface area contributed by atoms with E-state index in [2.05, 4.69) is 20.8 Å². The van der Waals surface area contributed by atoms with Gasteiger partial charge in [-0.25, -0.2) is 0 Å². The quantitative estimate of drug-likeness (QED) is 0.786. The molecule has 0 saturated heterocycles. The van der Waals surface area contributed by atoms with Crippen molar-refractivity contribution in [3.8, 4) is 0 Å². The normalized spacial score (nSPS) is 32.9. The van der Waals surface area contributed by atoms with Gasteiger partial charge in [0.2, 0.25) is 0 Å². The van der Waals surface area contributed by atoms with Crippen LogP contribution in [0.25, 0.3) is 0 Å². The Kier molecular flexibility index (Phi) is 4.82. The van der Waals surface area contributed by atoms with E-state index in [-0.39, 0.29) is 17.3 Å². The van der Waals surface area contributed by atoms with Gasteiger partial charge in [0, 0.05) is 0 Å². The van der Waals surface area contributed by atoms with Crippen LogP contribution in [0, 0.1) is 17.3 Å². The molecule has 0 aromatic rings. The van der Waals surface area contributed by atoms with Gasteiger partial charge in [0.05, 0.1) is 18.1 Å². The molecule has 3 unspecified atom stereocenters. The second-order valence-corrected chi connectivity index (χ2v) is 6.67. The van der Waals surface area contributed by atoms with E-state index in [0.29, 0.717) is 31.8 Å². The van der Waals surface area contributed by atoms with Gasteiger partial charge in [-0.3, -0.25) is 4.79 Å². The number of carbonyl (C=O) groups is 1. The highest BCUT2D eigenvalue weighted by atomic mass is 16.5. The fourth-order valence-electron chi connectivity index (χ4n) is 3.87. The highest BCUT2D eigenvalue weighted by Crippen LogP contribution is 2.47. The van der Waals surface area contributed by atoms with E-state index >= 15 is 0 Å². The minimum Gasteiger partial charge on any atom is -0.466 e. The molecule has 0 aromatic heterocycles. The Balaban J connectivity index is 2.91. The number of hydrogen-bond donors (Lipinski definition) is 1. The summed E-state index contributed by atoms with van der Waals surface area (Å²) < 4.78 is 5.12. The molecule has 0 heterocycles. The van der Waals surface area contributed by atoms with Crippen molar-refractivity contribution in [1.82, 2.24) is 0 Å². The van der Waals surface area contributed by atoms with Crippen molar-refractivity contribution in [2.45, 2.75) is 65.9 Å². The third-order valence-electron chi connectivity index (χ3n) is 4.02. The third-order valence-corrected chi connectivity index (χ3v) is 4.02. The summed E-state index contributed by atoms with van der Waals surface area (Å²) >= 11 is 0. The fourth-order valence-corrected chi connectivity index (χ4v) is 3.87. The zero-order valence-electron chi connectivity index (χ0n) is 12.5. The van der Waals surface area contributed by atoms with Gasteiger partial charge in [-0.2, -0.15) is 0 Å². The second kappa shape index (κ2) is 5.60. The summed E-state index contributed by atoms with van der Waals surface area (Å²) in [6, 6.07) is 0. The number of esters is 1. The van der Waals surface area contributed by atoms with E-state index in [0.717, 1.165) is 6.42 Å². The first-order chi connectivity index (χ1) is 8.24. The van der Waals surface area contributed by atoms with Gasteiger partial charge in [-0.1, -0.05) is 27.7 Å². The van der Waals surface area contributed by atoms with Crippen molar-refractivity contribution in [3.63, 3.8) is 0 Å². The summed E-state index contributed by atoms with van der Waals surface area (Å²) in [5.41, 5.74) is -0.811. The van der Waals surface area contributed by atoms with Crippen LogP contribution in [0.1, 0.15) is 60.3 Å². The SMILES string of the molecule is CCOC(=O)C(CC)C1(O)CC(C)CC(C)(C)C1. The summed E-state index contributed by atoms with van der Waals surface area (Å²) in [5.74, 6) is -0.186. The van der Waals surface area contributed by atoms with Crippen LogP contribution >= 0.6 is 0 Å². The third kappa shape index (κ3) is 3.47. The number of ether oxygens (including phenoxy) is 1. The Morgan fingerprint density at radius 1 is 1.39 bits per heavy atom. The zero-order valence-corrected chi connectivity index (χ0v) is 12.5. The average Bonchev–Trinajstić information content (AvgIpc) is 2.13. The molecule has 0 bridgehead atoms. The molecule has 3 nitrogen and oxygen atoms in total. The van der Waals surface area contributed by atoms with E-state index in [4.69, 9.17) is 4.74 Å². The van der Waals surface area contributed by atoms with Gasteiger partial charge in [0.15, 0.2) is 0 Å². The van der Waals surface area contributed by atoms with Gasteiger partial charge in [-0.15, -0.1) is 0 Å². The Morgan fingerprint density at radius 3 is 2.44 bits per heavy atom. The fraction of sp³-hybridized carbons (Fsp3) is 0.933. The lowest BCUT2D eigenvalue weighted by molar-refractivity contribution is -0.167. The molecule has 0 spiro atoms. The molecule has 106 valence electrons. The van der Waals surface area contributed by atoms with E-state index in [1.165, 1.54) is 0 Å². The molecule has 1 aliphatic carbocycles. The van der Waals surface area contributed by atoms with Crippen molar-refractivity contribution < 1.29 is 14.6 Å². The molecule has 1 N–H and O–H groups in total. The molecule has 0 aromatic carbocycles.